The quantitative estimate of drug-likeness (QED) is 0.890. The van der Waals surface area contributed by atoms with Gasteiger partial charge in [-0.2, -0.15) is 0 Å². The Morgan fingerprint density at radius 2 is 1.86 bits per heavy atom. The molecular weight excluding hydrogens is 272 g/mol. The van der Waals surface area contributed by atoms with Gasteiger partial charge in [0.25, 0.3) is 0 Å². The van der Waals surface area contributed by atoms with Crippen LogP contribution in [0.3, 0.4) is 0 Å². The van der Waals surface area contributed by atoms with Gasteiger partial charge in [-0.1, -0.05) is 48.6 Å². The molecule has 0 bridgehead atoms. The molecule has 0 radical (unpaired) electrons. The van der Waals surface area contributed by atoms with E-state index in [2.05, 4.69) is 17.1 Å². The van der Waals surface area contributed by atoms with E-state index in [1.165, 1.54) is 5.57 Å². The Bertz CT molecular complexity index is 867. The summed E-state index contributed by atoms with van der Waals surface area (Å²) in [6, 6.07) is 7.52. The molecule has 2 aromatic rings. The lowest BCUT2D eigenvalue weighted by molar-refractivity contribution is 1.00. The minimum Gasteiger partial charge on any atom is -0.357 e. The lowest BCUT2D eigenvalue weighted by Gasteiger charge is -2.07. The Morgan fingerprint density at radius 1 is 1.05 bits per heavy atom. The summed E-state index contributed by atoms with van der Waals surface area (Å²) >= 11 is 0. The van der Waals surface area contributed by atoms with Gasteiger partial charge in [0.05, 0.1) is 0 Å². The molecule has 1 heterocycles. The SMILES string of the molecule is NCc1cc(=O)c2cc(/C3=C/C=C\C=C/C=C\C3)ccc2[nH]1. The van der Waals surface area contributed by atoms with Crippen LogP contribution in [0.2, 0.25) is 0 Å². The molecule has 22 heavy (non-hydrogen) atoms. The van der Waals surface area contributed by atoms with Crippen LogP contribution in [0.15, 0.2) is 71.6 Å². The first kappa shape index (κ1) is 14.3. The molecule has 3 rings (SSSR count). The number of nitrogens with one attached hydrogen (secondary N) is 1. The van der Waals surface area contributed by atoms with E-state index >= 15 is 0 Å². The zero-order valence-corrected chi connectivity index (χ0v) is 12.3. The second-order valence-corrected chi connectivity index (χ2v) is 5.22. The average Bonchev–Trinajstić information content (AvgIpc) is 2.68. The third kappa shape index (κ3) is 3.00. The van der Waals surface area contributed by atoms with Gasteiger partial charge in [-0.25, -0.2) is 0 Å². The maximum atomic E-state index is 12.2. The number of aromatic amines is 1. The van der Waals surface area contributed by atoms with Crippen molar-refractivity contribution >= 4 is 16.5 Å². The molecule has 3 heteroatoms. The first-order valence-electron chi connectivity index (χ1n) is 7.33. The van der Waals surface area contributed by atoms with E-state index in [9.17, 15) is 4.79 Å². The van der Waals surface area contributed by atoms with Gasteiger partial charge in [-0.3, -0.25) is 4.79 Å². The first-order chi connectivity index (χ1) is 10.8. The van der Waals surface area contributed by atoms with Crippen LogP contribution in [0, 0.1) is 0 Å². The standard InChI is InChI=1S/C19H18N2O/c20-13-16-12-19(22)17-11-15(9-10-18(17)21-16)14-7-5-3-1-2-4-6-8-14/h1-7,9-12H,8,13,20H2,(H,21,22)/b2-1-,5-3-,6-4-,14-7+. The Labute approximate surface area is 129 Å². The number of pyridine rings is 1. The number of rotatable bonds is 2. The minimum atomic E-state index is 0.00691. The van der Waals surface area contributed by atoms with E-state index in [-0.39, 0.29) is 5.43 Å². The van der Waals surface area contributed by atoms with E-state index in [0.29, 0.717) is 11.9 Å². The Morgan fingerprint density at radius 3 is 2.73 bits per heavy atom. The van der Waals surface area contributed by atoms with Crippen LogP contribution in [0.5, 0.6) is 0 Å². The summed E-state index contributed by atoms with van der Waals surface area (Å²) in [5, 5.41) is 0.696. The number of H-pyrrole nitrogens is 1. The van der Waals surface area contributed by atoms with Crippen molar-refractivity contribution in [3.63, 3.8) is 0 Å². The Kier molecular flexibility index (Phi) is 4.17. The van der Waals surface area contributed by atoms with Crippen molar-refractivity contribution in [2.24, 2.45) is 5.73 Å². The van der Waals surface area contributed by atoms with Crippen molar-refractivity contribution < 1.29 is 0 Å². The lowest BCUT2D eigenvalue weighted by atomic mass is 9.99. The first-order valence-corrected chi connectivity index (χ1v) is 7.33. The summed E-state index contributed by atoms with van der Waals surface area (Å²) < 4.78 is 0. The predicted molar refractivity (Wildman–Crippen MR) is 92.5 cm³/mol. The molecule has 110 valence electrons. The zero-order chi connectivity index (χ0) is 15.4. The average molecular weight is 290 g/mol. The number of benzene rings is 1. The minimum absolute atomic E-state index is 0.00691. The van der Waals surface area contributed by atoms with Crippen molar-refractivity contribution in [2.45, 2.75) is 13.0 Å². The molecule has 3 N–H and O–H groups in total. The summed E-state index contributed by atoms with van der Waals surface area (Å²) in [5.74, 6) is 0. The largest absolute Gasteiger partial charge is 0.357 e. The van der Waals surface area contributed by atoms with Crippen LogP contribution in [0.4, 0.5) is 0 Å². The number of nitrogens with two attached hydrogens (primary N) is 1. The third-order valence-corrected chi connectivity index (χ3v) is 3.69. The topological polar surface area (TPSA) is 58.9 Å². The number of fused-ring (bicyclic) bond motifs is 1. The molecule has 1 aliphatic rings. The van der Waals surface area contributed by atoms with Crippen LogP contribution in [0.25, 0.3) is 16.5 Å². The number of hydrogen-bond acceptors (Lipinski definition) is 2. The van der Waals surface area contributed by atoms with E-state index in [0.717, 1.165) is 23.2 Å². The van der Waals surface area contributed by atoms with E-state index < -0.39 is 0 Å². The third-order valence-electron chi connectivity index (χ3n) is 3.69. The summed E-state index contributed by atoms with van der Waals surface area (Å²) in [4.78, 5) is 15.4. The summed E-state index contributed by atoms with van der Waals surface area (Å²) in [6.07, 6.45) is 15.1. The Hall–Kier alpha value is -2.65. The fraction of sp³-hybridized carbons (Fsp3) is 0.105. The molecule has 0 aliphatic heterocycles. The highest BCUT2D eigenvalue weighted by molar-refractivity contribution is 5.84. The van der Waals surface area contributed by atoms with Gasteiger partial charge < -0.3 is 10.7 Å². The highest BCUT2D eigenvalue weighted by Gasteiger charge is 2.05. The Balaban J connectivity index is 2.08. The van der Waals surface area contributed by atoms with Crippen molar-refractivity contribution in [3.8, 4) is 0 Å². The van der Waals surface area contributed by atoms with Gasteiger partial charge in [0.2, 0.25) is 0 Å². The van der Waals surface area contributed by atoms with Gasteiger partial charge in [0.15, 0.2) is 5.43 Å². The van der Waals surface area contributed by atoms with E-state index in [4.69, 9.17) is 5.73 Å². The van der Waals surface area contributed by atoms with Crippen molar-refractivity contribution in [3.05, 3.63) is 88.3 Å². The van der Waals surface area contributed by atoms with Gasteiger partial charge in [0, 0.05) is 29.2 Å². The zero-order valence-electron chi connectivity index (χ0n) is 12.3. The molecule has 0 fully saturated rings. The van der Waals surface area contributed by atoms with Crippen molar-refractivity contribution in [1.29, 1.82) is 0 Å². The smallest absolute Gasteiger partial charge is 0.189 e. The number of aromatic nitrogens is 1. The fourth-order valence-electron chi connectivity index (χ4n) is 2.53. The van der Waals surface area contributed by atoms with Gasteiger partial charge in [-0.15, -0.1) is 0 Å². The molecule has 1 aromatic carbocycles. The van der Waals surface area contributed by atoms with Gasteiger partial charge in [0.1, 0.15) is 0 Å². The predicted octanol–water partition coefficient (Wildman–Crippen LogP) is 3.44. The summed E-state index contributed by atoms with van der Waals surface area (Å²) in [6.45, 7) is 0.334. The molecular formula is C19H18N2O. The maximum absolute atomic E-state index is 12.2. The molecule has 3 nitrogen and oxygen atoms in total. The van der Waals surface area contributed by atoms with Gasteiger partial charge >= 0.3 is 0 Å². The fourth-order valence-corrected chi connectivity index (χ4v) is 2.53. The molecule has 1 aliphatic carbocycles. The second-order valence-electron chi connectivity index (χ2n) is 5.22. The van der Waals surface area contributed by atoms with Crippen LogP contribution < -0.4 is 11.2 Å². The molecule has 0 spiro atoms. The molecule has 1 aromatic heterocycles. The molecule has 0 atom stereocenters. The van der Waals surface area contributed by atoms with E-state index in [1.807, 2.05) is 48.6 Å². The van der Waals surface area contributed by atoms with Crippen LogP contribution in [-0.4, -0.2) is 4.98 Å². The van der Waals surface area contributed by atoms with Crippen LogP contribution >= 0.6 is 0 Å². The molecule has 0 unspecified atom stereocenters. The number of hydrogen-bond donors (Lipinski definition) is 2. The normalized spacial score (nSPS) is 21.2. The van der Waals surface area contributed by atoms with Crippen LogP contribution in [0.1, 0.15) is 17.7 Å². The van der Waals surface area contributed by atoms with Crippen molar-refractivity contribution in [1.82, 2.24) is 4.98 Å². The summed E-state index contributed by atoms with van der Waals surface area (Å²) in [5.41, 5.74) is 9.44. The highest BCUT2D eigenvalue weighted by atomic mass is 16.1. The van der Waals surface area contributed by atoms with Crippen molar-refractivity contribution in [2.75, 3.05) is 0 Å². The lowest BCUT2D eigenvalue weighted by Crippen LogP contribution is -2.08. The number of allylic oxidation sites excluding steroid dienone is 8. The second kappa shape index (κ2) is 6.41. The van der Waals surface area contributed by atoms with E-state index in [1.54, 1.807) is 6.07 Å². The summed E-state index contributed by atoms with van der Waals surface area (Å²) in [7, 11) is 0. The highest BCUT2D eigenvalue weighted by Crippen LogP contribution is 2.22. The maximum Gasteiger partial charge on any atom is 0.189 e. The molecule has 0 amide bonds. The molecule has 0 saturated carbocycles. The van der Waals surface area contributed by atoms with Crippen LogP contribution in [-0.2, 0) is 6.54 Å². The molecule has 0 saturated heterocycles. The monoisotopic (exact) mass is 290 g/mol. The van der Waals surface area contributed by atoms with Gasteiger partial charge in [-0.05, 0) is 29.7 Å².